The molecule has 134 valence electrons. The number of anilines is 2. The molecule has 26 heavy (non-hydrogen) atoms. The molecule has 0 fully saturated rings. The molecule has 3 N–H and O–H groups in total. The first kappa shape index (κ1) is 16.1. The van der Waals surface area contributed by atoms with E-state index in [0.29, 0.717) is 41.2 Å². The molecule has 4 heterocycles. The monoisotopic (exact) mass is 359 g/mol. The summed E-state index contributed by atoms with van der Waals surface area (Å²) < 4.78 is 30.0. The second-order valence-corrected chi connectivity index (χ2v) is 5.61. The highest BCUT2D eigenvalue weighted by atomic mass is 19.1. The quantitative estimate of drug-likeness (QED) is 0.557. The molecule has 0 saturated carbocycles. The molecule has 0 atom stereocenters. The van der Waals surface area contributed by atoms with Crippen LogP contribution in [0.5, 0.6) is 0 Å². The fraction of sp³-hybridized carbons (Fsp3) is 0.267. The third-order valence-corrected chi connectivity index (χ3v) is 3.96. The summed E-state index contributed by atoms with van der Waals surface area (Å²) in [6, 6.07) is 3.33. The molecule has 0 aromatic carbocycles. The average molecular weight is 359 g/mol. The summed E-state index contributed by atoms with van der Waals surface area (Å²) in [5.74, 6) is -0.126. The van der Waals surface area contributed by atoms with Crippen molar-refractivity contribution >= 4 is 28.4 Å². The highest BCUT2D eigenvalue weighted by Crippen LogP contribution is 2.32. The molecule has 0 aliphatic heterocycles. The van der Waals surface area contributed by atoms with Crippen molar-refractivity contribution in [3.8, 4) is 11.3 Å². The van der Waals surface area contributed by atoms with E-state index in [9.17, 15) is 8.78 Å². The number of nitrogen functional groups attached to an aromatic ring is 1. The van der Waals surface area contributed by atoms with Crippen molar-refractivity contribution in [3.05, 3.63) is 24.1 Å². The first-order chi connectivity index (χ1) is 12.6. The summed E-state index contributed by atoms with van der Waals surface area (Å²) in [6.07, 6.45) is 1.51. The van der Waals surface area contributed by atoms with Crippen molar-refractivity contribution in [2.45, 2.75) is 13.0 Å². The predicted octanol–water partition coefficient (Wildman–Crippen LogP) is 1.66. The molecule has 4 aromatic rings. The molecular formula is C15H15F2N9. The topological polar surface area (TPSA) is 112 Å². The van der Waals surface area contributed by atoms with Gasteiger partial charge in [-0.3, -0.25) is 4.39 Å². The van der Waals surface area contributed by atoms with E-state index < -0.39 is 12.5 Å². The van der Waals surface area contributed by atoms with E-state index in [0.717, 1.165) is 0 Å². The fourth-order valence-corrected chi connectivity index (χ4v) is 2.84. The molecule has 0 saturated heterocycles. The van der Waals surface area contributed by atoms with Gasteiger partial charge in [0.15, 0.2) is 17.3 Å². The van der Waals surface area contributed by atoms with Crippen LogP contribution in [0.3, 0.4) is 0 Å². The highest BCUT2D eigenvalue weighted by Gasteiger charge is 2.20. The van der Waals surface area contributed by atoms with Gasteiger partial charge in [0.2, 0.25) is 5.95 Å². The lowest BCUT2D eigenvalue weighted by Gasteiger charge is -2.07. The van der Waals surface area contributed by atoms with Crippen molar-refractivity contribution in [2.75, 3.05) is 24.8 Å². The summed E-state index contributed by atoms with van der Waals surface area (Å²) in [6.45, 7) is -0.131. The minimum absolute atomic E-state index is 0.0142. The second kappa shape index (κ2) is 6.17. The standard InChI is InChI=1S/C15H15F2N9/c1-19-13-12-11(8(17)7-26(12)23-15(18)21-13)9-3-4-10-14(20-9)25(24-22-10)6-2-5-16/h3-4,7H,2,5-6H2,1H3,(H3,18,19,21,23). The fourth-order valence-electron chi connectivity index (χ4n) is 2.84. The number of nitrogens with one attached hydrogen (secondary N) is 1. The lowest BCUT2D eigenvalue weighted by atomic mass is 10.1. The van der Waals surface area contributed by atoms with Crippen molar-refractivity contribution < 1.29 is 8.78 Å². The molecule has 0 aliphatic rings. The van der Waals surface area contributed by atoms with Crippen molar-refractivity contribution in [1.82, 2.24) is 34.6 Å². The van der Waals surface area contributed by atoms with Gasteiger partial charge in [-0.05, 0) is 18.6 Å². The number of alkyl halides is 1. The van der Waals surface area contributed by atoms with Crippen LogP contribution in [0.2, 0.25) is 0 Å². The molecule has 9 nitrogen and oxygen atoms in total. The number of rotatable bonds is 5. The number of hydrogen-bond acceptors (Lipinski definition) is 7. The number of nitrogens with two attached hydrogens (primary N) is 1. The van der Waals surface area contributed by atoms with Gasteiger partial charge < -0.3 is 11.1 Å². The first-order valence-corrected chi connectivity index (χ1v) is 7.91. The SMILES string of the molecule is CNc1nc(N)nn2cc(F)c(-c3ccc4nnn(CCCF)c4n3)c12. The Balaban J connectivity index is 1.93. The summed E-state index contributed by atoms with van der Waals surface area (Å²) in [7, 11) is 1.66. The number of aromatic nitrogens is 7. The number of fused-ring (bicyclic) bond motifs is 2. The van der Waals surface area contributed by atoms with Crippen LogP contribution in [0.1, 0.15) is 6.42 Å². The second-order valence-electron chi connectivity index (χ2n) is 5.61. The van der Waals surface area contributed by atoms with Crippen LogP contribution < -0.4 is 11.1 Å². The van der Waals surface area contributed by atoms with Crippen LogP contribution in [0.15, 0.2) is 18.3 Å². The predicted molar refractivity (Wildman–Crippen MR) is 91.8 cm³/mol. The molecule has 0 unspecified atom stereocenters. The van der Waals surface area contributed by atoms with Gasteiger partial charge in [0, 0.05) is 13.6 Å². The average Bonchev–Trinajstić information content (AvgIpc) is 3.18. The zero-order chi connectivity index (χ0) is 18.3. The van der Waals surface area contributed by atoms with E-state index in [4.69, 9.17) is 5.73 Å². The molecule has 0 aliphatic carbocycles. The molecule has 4 aromatic heterocycles. The van der Waals surface area contributed by atoms with Gasteiger partial charge in [-0.15, -0.1) is 10.2 Å². The first-order valence-electron chi connectivity index (χ1n) is 7.91. The van der Waals surface area contributed by atoms with Gasteiger partial charge in [0.25, 0.3) is 0 Å². The Morgan fingerprint density at radius 3 is 2.88 bits per heavy atom. The maximum Gasteiger partial charge on any atom is 0.240 e. The van der Waals surface area contributed by atoms with Crippen LogP contribution in [0.4, 0.5) is 20.5 Å². The zero-order valence-corrected chi connectivity index (χ0v) is 13.8. The third kappa shape index (κ3) is 2.48. The number of aryl methyl sites for hydroxylation is 1. The largest absolute Gasteiger partial charge is 0.371 e. The number of hydrogen-bond donors (Lipinski definition) is 2. The van der Waals surface area contributed by atoms with Crippen LogP contribution in [0.25, 0.3) is 27.9 Å². The lowest BCUT2D eigenvalue weighted by molar-refractivity contribution is 0.434. The van der Waals surface area contributed by atoms with Crippen LogP contribution in [-0.4, -0.2) is 48.3 Å². The minimum Gasteiger partial charge on any atom is -0.371 e. The maximum absolute atomic E-state index is 14.7. The van der Waals surface area contributed by atoms with Crippen molar-refractivity contribution in [3.63, 3.8) is 0 Å². The Morgan fingerprint density at radius 2 is 2.12 bits per heavy atom. The van der Waals surface area contributed by atoms with E-state index >= 15 is 0 Å². The molecule has 0 bridgehead atoms. The van der Waals surface area contributed by atoms with Crippen molar-refractivity contribution in [2.24, 2.45) is 0 Å². The summed E-state index contributed by atoms with van der Waals surface area (Å²) in [4.78, 5) is 8.59. The Labute approximate surface area is 145 Å². The van der Waals surface area contributed by atoms with Crippen LogP contribution >= 0.6 is 0 Å². The minimum atomic E-state index is -0.518. The molecule has 11 heteroatoms. The van der Waals surface area contributed by atoms with Gasteiger partial charge in [-0.25, -0.2) is 18.6 Å². The van der Waals surface area contributed by atoms with E-state index in [1.165, 1.54) is 15.4 Å². The summed E-state index contributed by atoms with van der Waals surface area (Å²) in [5.41, 5.74) is 7.67. The Bertz CT molecular complexity index is 1100. The van der Waals surface area contributed by atoms with Crippen LogP contribution in [0, 0.1) is 5.82 Å². The van der Waals surface area contributed by atoms with E-state index in [1.54, 1.807) is 19.2 Å². The lowest BCUT2D eigenvalue weighted by Crippen LogP contribution is -2.05. The molecular weight excluding hydrogens is 344 g/mol. The van der Waals surface area contributed by atoms with E-state index in [-0.39, 0.29) is 11.5 Å². The summed E-state index contributed by atoms with van der Waals surface area (Å²) in [5, 5.41) is 14.9. The molecule has 4 rings (SSSR count). The highest BCUT2D eigenvalue weighted by molar-refractivity contribution is 5.89. The van der Waals surface area contributed by atoms with E-state index in [2.05, 4.69) is 30.7 Å². The van der Waals surface area contributed by atoms with Gasteiger partial charge in [-0.1, -0.05) is 5.21 Å². The van der Waals surface area contributed by atoms with E-state index in [1.807, 2.05) is 0 Å². The maximum atomic E-state index is 14.7. The Morgan fingerprint density at radius 1 is 1.27 bits per heavy atom. The van der Waals surface area contributed by atoms with Gasteiger partial charge in [-0.2, -0.15) is 4.98 Å². The van der Waals surface area contributed by atoms with Gasteiger partial charge in [0.05, 0.1) is 24.1 Å². The van der Waals surface area contributed by atoms with Gasteiger partial charge in [0.1, 0.15) is 11.0 Å². The van der Waals surface area contributed by atoms with Crippen LogP contribution in [-0.2, 0) is 6.54 Å². The van der Waals surface area contributed by atoms with Gasteiger partial charge >= 0.3 is 0 Å². The third-order valence-electron chi connectivity index (χ3n) is 3.96. The number of halogens is 2. The number of nitrogens with zero attached hydrogens (tertiary/aromatic N) is 7. The molecule has 0 radical (unpaired) electrons. The number of pyridine rings is 1. The summed E-state index contributed by atoms with van der Waals surface area (Å²) >= 11 is 0. The normalized spacial score (nSPS) is 11.5. The Kier molecular flexibility index (Phi) is 3.82. The van der Waals surface area contributed by atoms with Crippen molar-refractivity contribution in [1.29, 1.82) is 0 Å². The smallest absolute Gasteiger partial charge is 0.240 e. The molecule has 0 amide bonds. The molecule has 0 spiro atoms. The Hall–Kier alpha value is -3.37. The zero-order valence-electron chi connectivity index (χ0n) is 13.8.